The molecule has 0 spiro atoms. The normalized spacial score (nSPS) is 11.4. The molecule has 0 aliphatic carbocycles. The number of halogens is 1. The van der Waals surface area contributed by atoms with Crippen LogP contribution in [0.5, 0.6) is 5.75 Å². The summed E-state index contributed by atoms with van der Waals surface area (Å²) in [5.74, 6) is -0.252. The van der Waals surface area contributed by atoms with Gasteiger partial charge in [0.2, 0.25) is 0 Å². The number of phenols is 1. The van der Waals surface area contributed by atoms with Crippen LogP contribution in [0.4, 0.5) is 4.39 Å². The highest BCUT2D eigenvalue weighted by Crippen LogP contribution is 2.24. The van der Waals surface area contributed by atoms with Gasteiger partial charge in [0.15, 0.2) is 5.43 Å². The summed E-state index contributed by atoms with van der Waals surface area (Å²) in [6.07, 6.45) is 1.36. The van der Waals surface area contributed by atoms with Gasteiger partial charge in [0.25, 0.3) is 0 Å². The largest absolute Gasteiger partial charge is 0.508 e. The molecule has 0 atom stereocenters. The van der Waals surface area contributed by atoms with E-state index in [1.807, 2.05) is 13.8 Å². The number of benzene rings is 2. The van der Waals surface area contributed by atoms with E-state index in [2.05, 4.69) is 4.90 Å². The molecule has 4 nitrogen and oxygen atoms in total. The standard InChI is InChI=1S/C20H20FNO3/c1-3-22(4-2)11-14-9-13(5-8-18(14)21)17-12-25-19-10-15(23)6-7-16(19)20(17)24/h5-10,12,23H,3-4,11H2,1-2H3. The van der Waals surface area contributed by atoms with Crippen molar-refractivity contribution in [3.63, 3.8) is 0 Å². The Bertz CT molecular complexity index is 961. The molecule has 0 aliphatic heterocycles. The van der Waals surface area contributed by atoms with Gasteiger partial charge in [0.1, 0.15) is 23.4 Å². The average molecular weight is 341 g/mol. The van der Waals surface area contributed by atoms with E-state index in [4.69, 9.17) is 4.42 Å². The van der Waals surface area contributed by atoms with Crippen molar-refractivity contribution in [2.45, 2.75) is 20.4 Å². The van der Waals surface area contributed by atoms with Crippen LogP contribution >= 0.6 is 0 Å². The van der Waals surface area contributed by atoms with E-state index in [-0.39, 0.29) is 17.0 Å². The monoisotopic (exact) mass is 341 g/mol. The van der Waals surface area contributed by atoms with E-state index in [1.165, 1.54) is 30.5 Å². The Kier molecular flexibility index (Phi) is 4.86. The quantitative estimate of drug-likeness (QED) is 0.757. The smallest absolute Gasteiger partial charge is 0.200 e. The zero-order valence-electron chi connectivity index (χ0n) is 14.3. The lowest BCUT2D eigenvalue weighted by Crippen LogP contribution is -2.22. The molecule has 2 aromatic carbocycles. The van der Waals surface area contributed by atoms with Crippen LogP contribution in [0.25, 0.3) is 22.1 Å². The Labute approximate surface area is 145 Å². The van der Waals surface area contributed by atoms with Gasteiger partial charge >= 0.3 is 0 Å². The summed E-state index contributed by atoms with van der Waals surface area (Å²) in [5, 5.41) is 9.88. The van der Waals surface area contributed by atoms with Crippen LogP contribution in [0.15, 0.2) is 51.9 Å². The second-order valence-corrected chi connectivity index (χ2v) is 5.93. The van der Waals surface area contributed by atoms with Crippen LogP contribution in [-0.4, -0.2) is 23.1 Å². The third-order valence-electron chi connectivity index (χ3n) is 4.40. The Morgan fingerprint density at radius 3 is 2.60 bits per heavy atom. The average Bonchev–Trinajstić information content (AvgIpc) is 2.61. The minimum absolute atomic E-state index is 0.0340. The molecular weight excluding hydrogens is 321 g/mol. The van der Waals surface area contributed by atoms with Gasteiger partial charge in [-0.15, -0.1) is 0 Å². The van der Waals surface area contributed by atoms with Crippen molar-refractivity contribution in [3.05, 3.63) is 64.3 Å². The van der Waals surface area contributed by atoms with Crippen molar-refractivity contribution in [3.8, 4) is 16.9 Å². The maximum atomic E-state index is 14.2. The van der Waals surface area contributed by atoms with Crippen molar-refractivity contribution in [2.24, 2.45) is 0 Å². The summed E-state index contributed by atoms with van der Waals surface area (Å²) < 4.78 is 19.6. The van der Waals surface area contributed by atoms with Gasteiger partial charge in [0.05, 0.1) is 10.9 Å². The maximum Gasteiger partial charge on any atom is 0.200 e. The van der Waals surface area contributed by atoms with Gasteiger partial charge in [-0.25, -0.2) is 4.39 Å². The molecule has 130 valence electrons. The van der Waals surface area contributed by atoms with Crippen molar-refractivity contribution in [1.82, 2.24) is 4.90 Å². The van der Waals surface area contributed by atoms with Crippen molar-refractivity contribution in [1.29, 1.82) is 0 Å². The molecular formula is C20H20FNO3. The van der Waals surface area contributed by atoms with Gasteiger partial charge < -0.3 is 9.52 Å². The lowest BCUT2D eigenvalue weighted by molar-refractivity contribution is 0.291. The number of hydrogen-bond donors (Lipinski definition) is 1. The highest BCUT2D eigenvalue weighted by molar-refractivity contribution is 5.82. The SMILES string of the molecule is CCN(CC)Cc1cc(-c2coc3cc(O)ccc3c2=O)ccc1F. The fraction of sp³-hybridized carbons (Fsp3) is 0.250. The minimum Gasteiger partial charge on any atom is -0.508 e. The molecule has 3 aromatic rings. The first kappa shape index (κ1) is 17.2. The molecule has 0 fully saturated rings. The van der Waals surface area contributed by atoms with Crippen LogP contribution in [0.2, 0.25) is 0 Å². The topological polar surface area (TPSA) is 53.7 Å². The van der Waals surface area contributed by atoms with Crippen LogP contribution in [-0.2, 0) is 6.54 Å². The van der Waals surface area contributed by atoms with Gasteiger partial charge in [-0.3, -0.25) is 9.69 Å². The summed E-state index contributed by atoms with van der Waals surface area (Å²) in [7, 11) is 0. The number of nitrogens with zero attached hydrogens (tertiary/aromatic N) is 1. The van der Waals surface area contributed by atoms with Gasteiger partial charge in [-0.2, -0.15) is 0 Å². The highest BCUT2D eigenvalue weighted by atomic mass is 19.1. The third kappa shape index (κ3) is 3.42. The lowest BCUT2D eigenvalue weighted by Gasteiger charge is -2.18. The zero-order chi connectivity index (χ0) is 18.0. The number of phenolic OH excluding ortho intramolecular Hbond substituents is 1. The first-order chi connectivity index (χ1) is 12.0. The van der Waals surface area contributed by atoms with E-state index >= 15 is 0 Å². The van der Waals surface area contributed by atoms with E-state index in [1.54, 1.807) is 12.1 Å². The summed E-state index contributed by atoms with van der Waals surface area (Å²) in [6.45, 7) is 6.18. The van der Waals surface area contributed by atoms with Crippen LogP contribution < -0.4 is 5.43 Å². The van der Waals surface area contributed by atoms with Crippen LogP contribution in [0.1, 0.15) is 19.4 Å². The van der Waals surface area contributed by atoms with Crippen molar-refractivity contribution in [2.75, 3.05) is 13.1 Å². The van der Waals surface area contributed by atoms with Gasteiger partial charge in [-0.1, -0.05) is 19.9 Å². The second-order valence-electron chi connectivity index (χ2n) is 5.93. The highest BCUT2D eigenvalue weighted by Gasteiger charge is 2.13. The molecule has 1 N–H and O–H groups in total. The summed E-state index contributed by atoms with van der Waals surface area (Å²) in [4.78, 5) is 14.8. The number of hydrogen-bond acceptors (Lipinski definition) is 4. The predicted molar refractivity (Wildman–Crippen MR) is 96.2 cm³/mol. The molecule has 0 saturated carbocycles. The zero-order valence-corrected chi connectivity index (χ0v) is 14.3. The molecule has 25 heavy (non-hydrogen) atoms. The van der Waals surface area contributed by atoms with Crippen molar-refractivity contribution < 1.29 is 13.9 Å². The molecule has 3 rings (SSSR count). The van der Waals surface area contributed by atoms with Crippen LogP contribution in [0, 0.1) is 5.82 Å². The third-order valence-corrected chi connectivity index (χ3v) is 4.40. The molecule has 0 saturated heterocycles. The first-order valence-electron chi connectivity index (χ1n) is 8.29. The van der Waals surface area contributed by atoms with E-state index < -0.39 is 0 Å². The second kappa shape index (κ2) is 7.07. The maximum absolute atomic E-state index is 14.2. The molecule has 1 heterocycles. The molecule has 0 amide bonds. The van der Waals surface area contributed by atoms with Gasteiger partial charge in [-0.05, 0) is 42.9 Å². The van der Waals surface area contributed by atoms with E-state index in [9.17, 15) is 14.3 Å². The number of rotatable bonds is 5. The lowest BCUT2D eigenvalue weighted by atomic mass is 10.0. The van der Waals surface area contributed by atoms with E-state index in [0.717, 1.165) is 13.1 Å². The molecule has 0 unspecified atom stereocenters. The number of fused-ring (bicyclic) bond motifs is 1. The van der Waals surface area contributed by atoms with Gasteiger partial charge in [0, 0.05) is 18.2 Å². The Morgan fingerprint density at radius 2 is 1.88 bits per heavy atom. The predicted octanol–water partition coefficient (Wildman–Crippen LogP) is 4.15. The molecule has 0 aliphatic rings. The first-order valence-corrected chi connectivity index (χ1v) is 8.29. The Morgan fingerprint density at radius 1 is 1.12 bits per heavy atom. The summed E-state index contributed by atoms with van der Waals surface area (Å²) >= 11 is 0. The molecule has 0 bridgehead atoms. The summed E-state index contributed by atoms with van der Waals surface area (Å²) in [6, 6.07) is 9.04. The molecule has 1 aromatic heterocycles. The molecule has 5 heteroatoms. The fourth-order valence-electron chi connectivity index (χ4n) is 2.87. The van der Waals surface area contributed by atoms with Crippen molar-refractivity contribution >= 4 is 11.0 Å². The minimum atomic E-state index is -0.286. The number of aromatic hydroxyl groups is 1. The fourth-order valence-corrected chi connectivity index (χ4v) is 2.87. The Balaban J connectivity index is 2.07. The van der Waals surface area contributed by atoms with Crippen LogP contribution in [0.3, 0.4) is 0 Å². The molecule has 0 radical (unpaired) electrons. The summed E-state index contributed by atoms with van der Waals surface area (Å²) in [5.41, 5.74) is 1.65. The van der Waals surface area contributed by atoms with E-state index in [0.29, 0.717) is 34.2 Å². The Hall–Kier alpha value is -2.66.